The average Bonchev–Trinajstić information content (AvgIpc) is 2.27. The molecule has 0 radical (unpaired) electrons. The summed E-state index contributed by atoms with van der Waals surface area (Å²) in [5.41, 5.74) is -0.550. The van der Waals surface area contributed by atoms with Crippen molar-refractivity contribution in [3.05, 3.63) is 22.7 Å². The quantitative estimate of drug-likeness (QED) is 0.761. The third-order valence-electron chi connectivity index (χ3n) is 2.58. The van der Waals surface area contributed by atoms with Crippen LogP contribution in [0.2, 0.25) is 0 Å². The molecule has 0 fully saturated rings. The van der Waals surface area contributed by atoms with Crippen LogP contribution in [0.25, 0.3) is 0 Å². The summed E-state index contributed by atoms with van der Waals surface area (Å²) in [6, 6.07) is 0. The summed E-state index contributed by atoms with van der Waals surface area (Å²) in [5, 5.41) is 18.0. The molecule has 1 aromatic heterocycles. The SMILES string of the molecule is CC(C)(C)n1ccnc(N(CCO)CCO)c1=O. The first-order valence-corrected chi connectivity index (χ1v) is 5.96. The van der Waals surface area contributed by atoms with Crippen molar-refractivity contribution < 1.29 is 10.2 Å². The van der Waals surface area contributed by atoms with Crippen LogP contribution in [0.3, 0.4) is 0 Å². The largest absolute Gasteiger partial charge is 0.395 e. The van der Waals surface area contributed by atoms with E-state index in [1.807, 2.05) is 20.8 Å². The molecule has 102 valence electrons. The molecule has 1 aromatic rings. The number of anilines is 1. The Morgan fingerprint density at radius 3 is 2.28 bits per heavy atom. The lowest BCUT2D eigenvalue weighted by Gasteiger charge is -2.26. The molecule has 6 heteroatoms. The number of aliphatic hydroxyl groups excluding tert-OH is 2. The van der Waals surface area contributed by atoms with Gasteiger partial charge in [-0.05, 0) is 20.8 Å². The minimum atomic E-state index is -0.334. The highest BCUT2D eigenvalue weighted by Crippen LogP contribution is 2.12. The predicted octanol–water partition coefficient (Wildman–Crippen LogP) is -0.211. The Kier molecular flexibility index (Phi) is 4.86. The second-order valence-corrected chi connectivity index (χ2v) is 5.03. The van der Waals surface area contributed by atoms with Gasteiger partial charge in [-0.25, -0.2) is 4.98 Å². The van der Waals surface area contributed by atoms with Crippen LogP contribution in [-0.2, 0) is 5.54 Å². The lowest BCUT2D eigenvalue weighted by Crippen LogP contribution is -2.40. The fraction of sp³-hybridized carbons (Fsp3) is 0.667. The first-order valence-electron chi connectivity index (χ1n) is 5.96. The van der Waals surface area contributed by atoms with Gasteiger partial charge in [0.15, 0.2) is 5.82 Å². The van der Waals surface area contributed by atoms with Crippen molar-refractivity contribution in [1.82, 2.24) is 9.55 Å². The summed E-state index contributed by atoms with van der Waals surface area (Å²) in [6.07, 6.45) is 3.20. The maximum absolute atomic E-state index is 12.3. The van der Waals surface area contributed by atoms with Crippen LogP contribution >= 0.6 is 0 Å². The number of hydrogen-bond donors (Lipinski definition) is 2. The average molecular weight is 255 g/mol. The molecule has 2 N–H and O–H groups in total. The van der Waals surface area contributed by atoms with Crippen molar-refractivity contribution >= 4 is 5.82 Å². The lowest BCUT2D eigenvalue weighted by atomic mass is 10.1. The van der Waals surface area contributed by atoms with E-state index >= 15 is 0 Å². The number of aliphatic hydroxyl groups is 2. The summed E-state index contributed by atoms with van der Waals surface area (Å²) >= 11 is 0. The number of nitrogens with zero attached hydrogens (tertiary/aromatic N) is 3. The molecule has 0 unspecified atom stereocenters. The second kappa shape index (κ2) is 5.97. The summed E-state index contributed by atoms with van der Waals surface area (Å²) in [5.74, 6) is 0.260. The minimum absolute atomic E-state index is 0.0917. The number of aromatic nitrogens is 2. The van der Waals surface area contributed by atoms with Crippen LogP contribution in [0.15, 0.2) is 17.2 Å². The van der Waals surface area contributed by atoms with E-state index < -0.39 is 0 Å². The zero-order chi connectivity index (χ0) is 13.8. The van der Waals surface area contributed by atoms with Gasteiger partial charge in [-0.1, -0.05) is 0 Å². The summed E-state index contributed by atoms with van der Waals surface area (Å²) in [4.78, 5) is 18.0. The van der Waals surface area contributed by atoms with Gasteiger partial charge in [0, 0.05) is 31.0 Å². The number of hydrogen-bond acceptors (Lipinski definition) is 5. The zero-order valence-corrected chi connectivity index (χ0v) is 11.1. The standard InChI is InChI=1S/C12H21N3O3/c1-12(2,3)15-5-4-13-10(11(15)18)14(6-8-16)7-9-17/h4-5,16-17H,6-9H2,1-3H3. The summed E-state index contributed by atoms with van der Waals surface area (Å²) in [6.45, 7) is 6.16. The topological polar surface area (TPSA) is 78.6 Å². The Morgan fingerprint density at radius 1 is 1.28 bits per heavy atom. The Bertz CT molecular complexity index is 431. The van der Waals surface area contributed by atoms with Crippen LogP contribution in [-0.4, -0.2) is 46.1 Å². The van der Waals surface area contributed by atoms with E-state index in [-0.39, 0.29) is 43.2 Å². The molecule has 0 spiro atoms. The fourth-order valence-electron chi connectivity index (χ4n) is 1.71. The Morgan fingerprint density at radius 2 is 1.83 bits per heavy atom. The first-order chi connectivity index (χ1) is 8.41. The molecular formula is C12H21N3O3. The molecule has 1 rings (SSSR count). The minimum Gasteiger partial charge on any atom is -0.395 e. The molecular weight excluding hydrogens is 234 g/mol. The van der Waals surface area contributed by atoms with Gasteiger partial charge in [0.25, 0.3) is 5.56 Å². The molecule has 0 aliphatic carbocycles. The molecule has 1 heterocycles. The van der Waals surface area contributed by atoms with Crippen molar-refractivity contribution in [2.24, 2.45) is 0 Å². The van der Waals surface area contributed by atoms with Crippen LogP contribution in [0.1, 0.15) is 20.8 Å². The molecule has 0 bridgehead atoms. The molecule has 0 saturated heterocycles. The van der Waals surface area contributed by atoms with Crippen molar-refractivity contribution in [1.29, 1.82) is 0 Å². The van der Waals surface area contributed by atoms with Crippen molar-refractivity contribution in [3.63, 3.8) is 0 Å². The van der Waals surface area contributed by atoms with Crippen molar-refractivity contribution in [2.45, 2.75) is 26.3 Å². The third-order valence-corrected chi connectivity index (χ3v) is 2.58. The normalized spacial score (nSPS) is 11.6. The van der Waals surface area contributed by atoms with Gasteiger partial charge in [0.05, 0.1) is 13.2 Å². The van der Waals surface area contributed by atoms with Crippen LogP contribution < -0.4 is 10.5 Å². The summed E-state index contributed by atoms with van der Waals surface area (Å²) in [7, 11) is 0. The highest BCUT2D eigenvalue weighted by molar-refractivity contribution is 5.35. The van der Waals surface area contributed by atoms with Crippen molar-refractivity contribution in [2.75, 3.05) is 31.2 Å². The molecule has 0 saturated carbocycles. The van der Waals surface area contributed by atoms with E-state index in [4.69, 9.17) is 10.2 Å². The van der Waals surface area contributed by atoms with Gasteiger partial charge in [-0.2, -0.15) is 0 Å². The van der Waals surface area contributed by atoms with Gasteiger partial charge in [0.1, 0.15) is 0 Å². The maximum Gasteiger partial charge on any atom is 0.293 e. The van der Waals surface area contributed by atoms with Crippen LogP contribution in [0.4, 0.5) is 5.82 Å². The molecule has 18 heavy (non-hydrogen) atoms. The molecule has 0 aliphatic heterocycles. The van der Waals surface area contributed by atoms with E-state index in [9.17, 15) is 4.79 Å². The fourth-order valence-corrected chi connectivity index (χ4v) is 1.71. The molecule has 0 aromatic carbocycles. The van der Waals surface area contributed by atoms with E-state index in [1.54, 1.807) is 21.9 Å². The molecule has 6 nitrogen and oxygen atoms in total. The van der Waals surface area contributed by atoms with Gasteiger partial charge in [0.2, 0.25) is 0 Å². The molecule has 0 aliphatic rings. The van der Waals surface area contributed by atoms with E-state index in [0.29, 0.717) is 0 Å². The lowest BCUT2D eigenvalue weighted by molar-refractivity contribution is 0.280. The molecule has 0 atom stereocenters. The van der Waals surface area contributed by atoms with E-state index in [2.05, 4.69) is 4.98 Å². The van der Waals surface area contributed by atoms with Crippen LogP contribution in [0.5, 0.6) is 0 Å². The predicted molar refractivity (Wildman–Crippen MR) is 69.9 cm³/mol. The van der Waals surface area contributed by atoms with Gasteiger partial charge < -0.3 is 19.7 Å². The van der Waals surface area contributed by atoms with Gasteiger partial charge >= 0.3 is 0 Å². The van der Waals surface area contributed by atoms with Crippen LogP contribution in [0, 0.1) is 0 Å². The Balaban J connectivity index is 3.20. The highest BCUT2D eigenvalue weighted by Gasteiger charge is 2.19. The summed E-state index contributed by atoms with van der Waals surface area (Å²) < 4.78 is 1.59. The van der Waals surface area contributed by atoms with Crippen molar-refractivity contribution in [3.8, 4) is 0 Å². The highest BCUT2D eigenvalue weighted by atomic mass is 16.3. The Labute approximate surface area is 107 Å². The Hall–Kier alpha value is -1.40. The van der Waals surface area contributed by atoms with E-state index in [1.165, 1.54) is 0 Å². The molecule has 0 amide bonds. The monoisotopic (exact) mass is 255 g/mol. The first kappa shape index (κ1) is 14.7. The zero-order valence-electron chi connectivity index (χ0n) is 11.1. The third kappa shape index (κ3) is 3.30. The smallest absolute Gasteiger partial charge is 0.293 e. The second-order valence-electron chi connectivity index (χ2n) is 5.03. The maximum atomic E-state index is 12.3. The van der Waals surface area contributed by atoms with Gasteiger partial charge in [-0.3, -0.25) is 4.79 Å². The van der Waals surface area contributed by atoms with E-state index in [0.717, 1.165) is 0 Å². The number of rotatable bonds is 5. The van der Waals surface area contributed by atoms with Gasteiger partial charge in [-0.15, -0.1) is 0 Å².